The number of nitrogens with zero attached hydrogens (tertiary/aromatic N) is 1. The summed E-state index contributed by atoms with van der Waals surface area (Å²) in [5.41, 5.74) is 3.91. The molecule has 3 rings (SSSR count). The van der Waals surface area contributed by atoms with Crippen molar-refractivity contribution < 1.29 is 28.5 Å². The van der Waals surface area contributed by atoms with E-state index in [-0.39, 0.29) is 24.0 Å². The number of fused-ring (bicyclic) bond motifs is 1. The number of aromatic nitrogens is 1. The van der Waals surface area contributed by atoms with Gasteiger partial charge in [-0.1, -0.05) is 42.5 Å². The van der Waals surface area contributed by atoms with E-state index in [1.165, 1.54) is 22.0 Å². The zero-order chi connectivity index (χ0) is 12.4. The summed E-state index contributed by atoms with van der Waals surface area (Å²) in [5.74, 6) is 0. The van der Waals surface area contributed by atoms with Crippen molar-refractivity contribution in [1.29, 1.82) is 0 Å². The second-order valence-corrected chi connectivity index (χ2v) is 4.69. The molecule has 1 nitrogen and oxygen atoms in total. The highest BCUT2D eigenvalue weighted by Crippen LogP contribution is 2.11. The Morgan fingerprint density at radius 1 is 0.895 bits per heavy atom. The molecule has 0 bridgehead atoms. The van der Waals surface area contributed by atoms with Gasteiger partial charge < -0.3 is 24.0 Å². The SMILES string of the molecule is Cc1cc2ccccc2[n+](Cc2ccccc2)c1.[I-]. The molecule has 96 valence electrons. The van der Waals surface area contributed by atoms with E-state index in [4.69, 9.17) is 0 Å². The number of benzene rings is 2. The van der Waals surface area contributed by atoms with E-state index in [0.29, 0.717) is 0 Å². The largest absolute Gasteiger partial charge is 1.00 e. The molecule has 1 heterocycles. The van der Waals surface area contributed by atoms with Gasteiger partial charge in [-0.2, -0.15) is 4.57 Å². The van der Waals surface area contributed by atoms with Crippen LogP contribution in [0.4, 0.5) is 0 Å². The minimum atomic E-state index is 0. The average Bonchev–Trinajstić information content (AvgIpc) is 2.40. The zero-order valence-corrected chi connectivity index (χ0v) is 13.0. The Balaban J connectivity index is 0.00000133. The quantitative estimate of drug-likeness (QED) is 0.462. The number of pyridine rings is 1. The summed E-state index contributed by atoms with van der Waals surface area (Å²) in [4.78, 5) is 0. The average molecular weight is 361 g/mol. The number of rotatable bonds is 2. The van der Waals surface area contributed by atoms with E-state index < -0.39 is 0 Å². The molecule has 0 unspecified atom stereocenters. The minimum Gasteiger partial charge on any atom is -1.00 e. The lowest BCUT2D eigenvalue weighted by molar-refractivity contribution is -0.662. The highest BCUT2D eigenvalue weighted by molar-refractivity contribution is 5.75. The molecule has 2 heteroatoms. The lowest BCUT2D eigenvalue weighted by Crippen LogP contribution is -3.00. The molecule has 0 aliphatic carbocycles. The number of aryl methyl sites for hydroxylation is 1. The van der Waals surface area contributed by atoms with Crippen LogP contribution in [0.15, 0.2) is 66.9 Å². The Morgan fingerprint density at radius 3 is 2.37 bits per heavy atom. The van der Waals surface area contributed by atoms with Gasteiger partial charge in [0.15, 0.2) is 12.7 Å². The van der Waals surface area contributed by atoms with Crippen LogP contribution in [0.3, 0.4) is 0 Å². The fraction of sp³-hybridized carbons (Fsp3) is 0.118. The Morgan fingerprint density at radius 2 is 1.58 bits per heavy atom. The zero-order valence-electron chi connectivity index (χ0n) is 10.9. The molecule has 0 aliphatic heterocycles. The maximum absolute atomic E-state index is 2.32. The van der Waals surface area contributed by atoms with Gasteiger partial charge in [0, 0.05) is 22.6 Å². The van der Waals surface area contributed by atoms with Crippen molar-refractivity contribution in [3.05, 3.63) is 78.0 Å². The Hall–Kier alpha value is -1.42. The van der Waals surface area contributed by atoms with Crippen LogP contribution in [-0.2, 0) is 6.54 Å². The summed E-state index contributed by atoms with van der Waals surface area (Å²) < 4.78 is 2.32. The van der Waals surface area contributed by atoms with Gasteiger partial charge in [0.25, 0.3) is 0 Å². The topological polar surface area (TPSA) is 3.88 Å². The molecular formula is C17H16IN. The molecule has 0 fully saturated rings. The molecule has 0 aliphatic rings. The molecule has 0 atom stereocenters. The normalized spacial score (nSPS) is 10.2. The van der Waals surface area contributed by atoms with Crippen molar-refractivity contribution >= 4 is 10.9 Å². The van der Waals surface area contributed by atoms with Gasteiger partial charge in [-0.15, -0.1) is 0 Å². The first-order chi connectivity index (χ1) is 8.83. The predicted molar refractivity (Wildman–Crippen MR) is 74.4 cm³/mol. The van der Waals surface area contributed by atoms with Gasteiger partial charge in [-0.05, 0) is 19.1 Å². The number of hydrogen-bond acceptors (Lipinski definition) is 0. The van der Waals surface area contributed by atoms with Crippen LogP contribution >= 0.6 is 0 Å². The van der Waals surface area contributed by atoms with E-state index in [1.54, 1.807) is 0 Å². The van der Waals surface area contributed by atoms with Gasteiger partial charge in [0.2, 0.25) is 5.52 Å². The number of para-hydroxylation sites is 1. The first-order valence-electron chi connectivity index (χ1n) is 6.26. The predicted octanol–water partition coefficient (Wildman–Crippen LogP) is 0.488. The Kier molecular flexibility index (Phi) is 4.53. The van der Waals surface area contributed by atoms with Crippen LogP contribution in [0.5, 0.6) is 0 Å². The van der Waals surface area contributed by atoms with Crippen LogP contribution in [0, 0.1) is 6.92 Å². The summed E-state index contributed by atoms with van der Waals surface area (Å²) in [6.45, 7) is 3.07. The maximum Gasteiger partial charge on any atom is 0.212 e. The van der Waals surface area contributed by atoms with Crippen molar-refractivity contribution in [2.24, 2.45) is 0 Å². The molecule has 1 aromatic heterocycles. The summed E-state index contributed by atoms with van der Waals surface area (Å²) in [5, 5.41) is 1.30. The molecule has 3 aromatic rings. The van der Waals surface area contributed by atoms with Crippen molar-refractivity contribution in [3.8, 4) is 0 Å². The van der Waals surface area contributed by atoms with E-state index >= 15 is 0 Å². The minimum absolute atomic E-state index is 0. The fourth-order valence-electron chi connectivity index (χ4n) is 2.38. The molecule has 0 radical (unpaired) electrons. The van der Waals surface area contributed by atoms with Gasteiger partial charge in [0.05, 0.1) is 0 Å². The molecule has 0 amide bonds. The van der Waals surface area contributed by atoms with E-state index in [1.807, 2.05) is 0 Å². The van der Waals surface area contributed by atoms with E-state index in [2.05, 4.69) is 78.4 Å². The van der Waals surface area contributed by atoms with Crippen molar-refractivity contribution in [1.82, 2.24) is 0 Å². The Labute approximate surface area is 130 Å². The lowest BCUT2D eigenvalue weighted by atomic mass is 10.1. The summed E-state index contributed by atoms with van der Waals surface area (Å²) in [7, 11) is 0. The van der Waals surface area contributed by atoms with E-state index in [9.17, 15) is 0 Å². The van der Waals surface area contributed by atoms with Crippen molar-refractivity contribution in [2.75, 3.05) is 0 Å². The van der Waals surface area contributed by atoms with Crippen molar-refractivity contribution in [3.63, 3.8) is 0 Å². The van der Waals surface area contributed by atoms with Crippen LogP contribution in [0.25, 0.3) is 10.9 Å². The third kappa shape index (κ3) is 3.13. The molecule has 0 saturated heterocycles. The fourth-order valence-corrected chi connectivity index (χ4v) is 2.38. The first kappa shape index (κ1) is 14.0. The van der Waals surface area contributed by atoms with Crippen molar-refractivity contribution in [2.45, 2.75) is 13.5 Å². The third-order valence-corrected chi connectivity index (χ3v) is 3.18. The smallest absolute Gasteiger partial charge is 0.212 e. The number of halogens is 1. The highest BCUT2D eigenvalue weighted by Gasteiger charge is 2.09. The lowest BCUT2D eigenvalue weighted by Gasteiger charge is -2.03. The van der Waals surface area contributed by atoms with Crippen LogP contribution in [0.1, 0.15) is 11.1 Å². The third-order valence-electron chi connectivity index (χ3n) is 3.18. The van der Waals surface area contributed by atoms with Gasteiger partial charge in [-0.25, -0.2) is 0 Å². The first-order valence-corrected chi connectivity index (χ1v) is 6.26. The summed E-state index contributed by atoms with van der Waals surface area (Å²) in [6.07, 6.45) is 2.22. The van der Waals surface area contributed by atoms with Crippen LogP contribution < -0.4 is 28.5 Å². The molecule has 2 aromatic carbocycles. The molecule has 0 spiro atoms. The van der Waals surface area contributed by atoms with Crippen LogP contribution in [0.2, 0.25) is 0 Å². The summed E-state index contributed by atoms with van der Waals surface area (Å²) >= 11 is 0. The van der Waals surface area contributed by atoms with Crippen LogP contribution in [-0.4, -0.2) is 0 Å². The Bertz CT molecular complexity index is 677. The summed E-state index contributed by atoms with van der Waals surface area (Å²) in [6, 6.07) is 21.4. The van der Waals surface area contributed by atoms with Gasteiger partial charge in [0.1, 0.15) is 0 Å². The van der Waals surface area contributed by atoms with E-state index in [0.717, 1.165) is 6.54 Å². The number of hydrogen-bond donors (Lipinski definition) is 0. The molecular weight excluding hydrogens is 345 g/mol. The molecule has 0 N–H and O–H groups in total. The second kappa shape index (κ2) is 6.15. The maximum atomic E-state index is 2.32. The standard InChI is InChI=1S/C17H16N.HI/c1-14-11-16-9-5-6-10-17(16)18(12-14)13-15-7-3-2-4-8-15;/h2-12H,13H2,1H3;1H/q+1;/p-1. The van der Waals surface area contributed by atoms with Gasteiger partial charge >= 0.3 is 0 Å². The second-order valence-electron chi connectivity index (χ2n) is 4.69. The molecule has 19 heavy (non-hydrogen) atoms. The highest BCUT2D eigenvalue weighted by atomic mass is 127. The van der Waals surface area contributed by atoms with Gasteiger partial charge in [-0.3, -0.25) is 0 Å². The monoisotopic (exact) mass is 361 g/mol. The molecule has 0 saturated carbocycles.